The predicted molar refractivity (Wildman–Crippen MR) is 122 cm³/mol. The molecule has 1 saturated heterocycles. The zero-order valence-electron chi connectivity index (χ0n) is 18.5. The lowest BCUT2D eigenvalue weighted by Gasteiger charge is -2.36. The summed E-state index contributed by atoms with van der Waals surface area (Å²) < 4.78 is 46.2. The van der Waals surface area contributed by atoms with Gasteiger partial charge in [-0.2, -0.15) is 23.1 Å². The minimum atomic E-state index is -5.17. The number of piperazine rings is 1. The molecule has 0 bridgehead atoms. The Balaban J connectivity index is 1.88. The van der Waals surface area contributed by atoms with Crippen LogP contribution in [0, 0.1) is 11.8 Å². The Bertz CT molecular complexity index is 1360. The first-order valence-corrected chi connectivity index (χ1v) is 10.9. The topological polar surface area (TPSA) is 94.3 Å². The van der Waals surface area contributed by atoms with E-state index in [4.69, 9.17) is 16.3 Å². The minimum Gasteiger partial charge on any atom is -0.433 e. The molecule has 13 heteroatoms. The molecule has 1 aliphatic rings. The van der Waals surface area contributed by atoms with Gasteiger partial charge >= 0.3 is 17.8 Å². The average Bonchev–Trinajstić information content (AvgIpc) is 3.08. The number of halogens is 4. The number of ether oxygens (including phenoxy) is 1. The Morgan fingerprint density at radius 3 is 2.69 bits per heavy atom. The Morgan fingerprint density at radius 1 is 1.26 bits per heavy atom. The molecular formula is C22H20ClF3N6O3. The molecule has 3 heterocycles. The fraction of sp³-hybridized carbons (Fsp3) is 0.364. The standard InChI is InChI=1S/C22H20ClF3N6O3/c1-2-3-10-31-16-17(30-11-9-27-12-15(30)35-19(33)22(24,25)26)28-20(23)29-18(16)32(21(31)34)13-14-7-5-4-6-8-14/h4-8,15,27H,9-13H2,1H3. The summed E-state index contributed by atoms with van der Waals surface area (Å²) in [6.07, 6.45) is -6.51. The second-order valence-corrected chi connectivity index (χ2v) is 7.95. The average molecular weight is 509 g/mol. The summed E-state index contributed by atoms with van der Waals surface area (Å²) >= 11 is 6.21. The van der Waals surface area contributed by atoms with Crippen molar-refractivity contribution < 1.29 is 22.7 Å². The number of carbonyl (C=O) groups excluding carboxylic acids is 1. The van der Waals surface area contributed by atoms with E-state index in [1.165, 1.54) is 14.0 Å². The number of anilines is 1. The molecule has 0 spiro atoms. The van der Waals surface area contributed by atoms with Gasteiger partial charge in [0.2, 0.25) is 5.28 Å². The Morgan fingerprint density at radius 2 is 2.00 bits per heavy atom. The van der Waals surface area contributed by atoms with Crippen molar-refractivity contribution in [3.63, 3.8) is 0 Å². The van der Waals surface area contributed by atoms with E-state index in [0.29, 0.717) is 6.54 Å². The van der Waals surface area contributed by atoms with Crippen LogP contribution in [0.1, 0.15) is 12.5 Å². The van der Waals surface area contributed by atoms with Crippen molar-refractivity contribution in [1.82, 2.24) is 24.4 Å². The van der Waals surface area contributed by atoms with Crippen molar-refractivity contribution in [1.29, 1.82) is 0 Å². The molecule has 4 rings (SSSR count). The van der Waals surface area contributed by atoms with Gasteiger partial charge in [0.15, 0.2) is 17.7 Å². The zero-order valence-corrected chi connectivity index (χ0v) is 19.2. The second-order valence-electron chi connectivity index (χ2n) is 7.61. The Hall–Kier alpha value is -3.56. The van der Waals surface area contributed by atoms with Crippen LogP contribution in [0.5, 0.6) is 0 Å². The van der Waals surface area contributed by atoms with Crippen LogP contribution in [0.15, 0.2) is 35.1 Å². The maximum Gasteiger partial charge on any atom is 0.491 e. The maximum absolute atomic E-state index is 13.4. The lowest BCUT2D eigenvalue weighted by Crippen LogP contribution is -2.54. The SMILES string of the molecule is CC#CCn1c(=O)n(Cc2ccccc2)c2nc(Cl)nc(N3CCNCC3OC(=O)C(F)(F)F)c21. The van der Waals surface area contributed by atoms with E-state index in [1.54, 1.807) is 6.92 Å². The van der Waals surface area contributed by atoms with Crippen LogP contribution in [0.2, 0.25) is 5.28 Å². The highest BCUT2D eigenvalue weighted by molar-refractivity contribution is 6.28. The summed E-state index contributed by atoms with van der Waals surface area (Å²) in [6.45, 7) is 2.19. The van der Waals surface area contributed by atoms with Gasteiger partial charge in [-0.15, -0.1) is 5.92 Å². The van der Waals surface area contributed by atoms with E-state index >= 15 is 0 Å². The fourth-order valence-corrected chi connectivity index (χ4v) is 3.96. The summed E-state index contributed by atoms with van der Waals surface area (Å²) in [7, 11) is 0. The normalized spacial score (nSPS) is 16.1. The number of rotatable bonds is 5. The van der Waals surface area contributed by atoms with E-state index in [1.807, 2.05) is 30.3 Å². The van der Waals surface area contributed by atoms with Gasteiger partial charge in [0.05, 0.1) is 19.6 Å². The Labute approximate surface area is 202 Å². The zero-order chi connectivity index (χ0) is 25.2. The number of carbonyl (C=O) groups is 1. The number of imidazole rings is 1. The molecule has 9 nitrogen and oxygen atoms in total. The molecule has 0 amide bonds. The summed E-state index contributed by atoms with van der Waals surface area (Å²) in [5.74, 6) is 3.30. The first kappa shape index (κ1) is 24.6. The summed E-state index contributed by atoms with van der Waals surface area (Å²) in [5.41, 5.74) is 0.799. The highest BCUT2D eigenvalue weighted by Crippen LogP contribution is 2.29. The molecule has 35 heavy (non-hydrogen) atoms. The molecule has 184 valence electrons. The monoisotopic (exact) mass is 508 g/mol. The third kappa shape index (κ3) is 5.11. The minimum absolute atomic E-state index is 0.00922. The quantitative estimate of drug-likeness (QED) is 0.321. The molecule has 1 aromatic carbocycles. The summed E-state index contributed by atoms with van der Waals surface area (Å²) in [4.78, 5) is 34.9. The highest BCUT2D eigenvalue weighted by Gasteiger charge is 2.44. The number of fused-ring (bicyclic) bond motifs is 1. The fourth-order valence-electron chi connectivity index (χ4n) is 3.80. The van der Waals surface area contributed by atoms with Crippen molar-refractivity contribution in [3.05, 3.63) is 51.7 Å². The molecule has 0 saturated carbocycles. The first-order chi connectivity index (χ1) is 16.7. The molecule has 3 aromatic rings. The van der Waals surface area contributed by atoms with Gasteiger partial charge in [0.25, 0.3) is 0 Å². The molecule has 1 fully saturated rings. The largest absolute Gasteiger partial charge is 0.491 e. The maximum atomic E-state index is 13.4. The number of hydrogen-bond acceptors (Lipinski definition) is 7. The van der Waals surface area contributed by atoms with Crippen LogP contribution in [0.4, 0.5) is 19.0 Å². The number of alkyl halides is 3. The van der Waals surface area contributed by atoms with Crippen LogP contribution in [0.3, 0.4) is 0 Å². The van der Waals surface area contributed by atoms with Crippen molar-refractivity contribution in [2.24, 2.45) is 0 Å². The van der Waals surface area contributed by atoms with Crippen LogP contribution in [-0.4, -0.2) is 57.1 Å². The van der Waals surface area contributed by atoms with Gasteiger partial charge in [0, 0.05) is 13.1 Å². The van der Waals surface area contributed by atoms with Gasteiger partial charge in [-0.3, -0.25) is 9.13 Å². The molecule has 2 aromatic heterocycles. The predicted octanol–water partition coefficient (Wildman–Crippen LogP) is 2.16. The molecule has 1 atom stereocenters. The lowest BCUT2D eigenvalue weighted by molar-refractivity contribution is -0.205. The lowest BCUT2D eigenvalue weighted by atomic mass is 10.2. The van der Waals surface area contributed by atoms with Crippen LogP contribution in [-0.2, 0) is 22.6 Å². The van der Waals surface area contributed by atoms with Gasteiger partial charge in [-0.05, 0) is 24.1 Å². The number of esters is 1. The smallest absolute Gasteiger partial charge is 0.433 e. The summed E-state index contributed by atoms with van der Waals surface area (Å²) in [6, 6.07) is 9.18. The van der Waals surface area contributed by atoms with Crippen LogP contribution < -0.4 is 15.9 Å². The highest BCUT2D eigenvalue weighted by atomic mass is 35.5. The van der Waals surface area contributed by atoms with Gasteiger partial charge in [-0.1, -0.05) is 36.3 Å². The van der Waals surface area contributed by atoms with Crippen molar-refractivity contribution >= 4 is 34.6 Å². The van der Waals surface area contributed by atoms with E-state index in [0.717, 1.165) is 5.56 Å². The molecule has 0 radical (unpaired) electrons. The number of hydrogen-bond donors (Lipinski definition) is 1. The second kappa shape index (κ2) is 9.97. The number of nitrogens with one attached hydrogen (secondary N) is 1. The van der Waals surface area contributed by atoms with E-state index in [9.17, 15) is 22.8 Å². The van der Waals surface area contributed by atoms with Crippen molar-refractivity contribution in [2.45, 2.75) is 32.4 Å². The van der Waals surface area contributed by atoms with Gasteiger partial charge in [0.1, 0.15) is 5.52 Å². The van der Waals surface area contributed by atoms with Gasteiger partial charge in [-0.25, -0.2) is 9.59 Å². The van der Waals surface area contributed by atoms with Crippen molar-refractivity contribution in [2.75, 3.05) is 24.5 Å². The molecular weight excluding hydrogens is 489 g/mol. The number of nitrogens with zero attached hydrogens (tertiary/aromatic N) is 5. The molecule has 1 N–H and O–H groups in total. The number of benzene rings is 1. The van der Waals surface area contributed by atoms with E-state index < -0.39 is 24.1 Å². The van der Waals surface area contributed by atoms with Crippen LogP contribution >= 0.6 is 11.6 Å². The van der Waals surface area contributed by atoms with Gasteiger partial charge < -0.3 is 15.0 Å². The Kier molecular flexibility index (Phi) is 7.00. The molecule has 0 aliphatic carbocycles. The van der Waals surface area contributed by atoms with E-state index in [2.05, 4.69) is 27.1 Å². The van der Waals surface area contributed by atoms with Crippen molar-refractivity contribution in [3.8, 4) is 11.8 Å². The third-order valence-electron chi connectivity index (χ3n) is 5.35. The first-order valence-electron chi connectivity index (χ1n) is 10.6. The number of aromatic nitrogens is 4. The molecule has 1 unspecified atom stereocenters. The van der Waals surface area contributed by atoms with E-state index in [-0.39, 0.29) is 48.4 Å². The third-order valence-corrected chi connectivity index (χ3v) is 5.52. The van der Waals surface area contributed by atoms with Crippen LogP contribution in [0.25, 0.3) is 11.2 Å². The molecule has 1 aliphatic heterocycles. The summed E-state index contributed by atoms with van der Waals surface area (Å²) in [5, 5.41) is 2.68.